The molecule has 1 unspecified atom stereocenters. The Morgan fingerprint density at radius 1 is 1.38 bits per heavy atom. The number of nitriles is 1. The standard InChI is InChI=1S/C16H22N2O3/c1-2-3-14(8-9-19)11-18-16(20)12-21-15-6-4-13(10-17)5-7-15/h4-7,14,19H,2-3,8-9,11-12H2,1H3,(H,18,20). The number of benzene rings is 1. The number of carbonyl (C=O) groups excluding carboxylic acids is 1. The van der Waals surface area contributed by atoms with E-state index in [-0.39, 0.29) is 19.1 Å². The van der Waals surface area contributed by atoms with E-state index in [1.54, 1.807) is 24.3 Å². The molecule has 0 saturated heterocycles. The topological polar surface area (TPSA) is 82.3 Å². The van der Waals surface area contributed by atoms with Gasteiger partial charge >= 0.3 is 0 Å². The van der Waals surface area contributed by atoms with Crippen LogP contribution in [0.15, 0.2) is 24.3 Å². The summed E-state index contributed by atoms with van der Waals surface area (Å²) in [4.78, 5) is 11.7. The lowest BCUT2D eigenvalue weighted by molar-refractivity contribution is -0.123. The Morgan fingerprint density at radius 2 is 2.10 bits per heavy atom. The molecule has 0 aromatic heterocycles. The second kappa shape index (κ2) is 9.78. The molecule has 114 valence electrons. The van der Waals surface area contributed by atoms with Crippen molar-refractivity contribution in [2.24, 2.45) is 5.92 Å². The molecule has 1 aromatic rings. The van der Waals surface area contributed by atoms with E-state index in [0.29, 0.717) is 30.2 Å². The summed E-state index contributed by atoms with van der Waals surface area (Å²) in [6.07, 6.45) is 2.71. The predicted molar refractivity (Wildman–Crippen MR) is 79.8 cm³/mol. The lowest BCUT2D eigenvalue weighted by Gasteiger charge is -2.15. The quantitative estimate of drug-likeness (QED) is 0.727. The van der Waals surface area contributed by atoms with Crippen molar-refractivity contribution in [2.45, 2.75) is 26.2 Å². The number of rotatable bonds is 9. The molecule has 0 bridgehead atoms. The highest BCUT2D eigenvalue weighted by Gasteiger charge is 2.09. The smallest absolute Gasteiger partial charge is 0.257 e. The van der Waals surface area contributed by atoms with Gasteiger partial charge in [-0.3, -0.25) is 4.79 Å². The van der Waals surface area contributed by atoms with Crippen LogP contribution >= 0.6 is 0 Å². The number of nitrogens with one attached hydrogen (secondary N) is 1. The number of aliphatic hydroxyl groups excluding tert-OH is 1. The third kappa shape index (κ3) is 6.77. The van der Waals surface area contributed by atoms with Crippen LogP contribution in [0.1, 0.15) is 31.7 Å². The van der Waals surface area contributed by atoms with Crippen molar-refractivity contribution in [1.82, 2.24) is 5.32 Å². The maximum atomic E-state index is 11.7. The summed E-state index contributed by atoms with van der Waals surface area (Å²) in [6.45, 7) is 2.73. The molecule has 1 atom stereocenters. The van der Waals surface area contributed by atoms with Crippen molar-refractivity contribution in [3.8, 4) is 11.8 Å². The highest BCUT2D eigenvalue weighted by Crippen LogP contribution is 2.11. The fourth-order valence-corrected chi connectivity index (χ4v) is 2.02. The lowest BCUT2D eigenvalue weighted by Crippen LogP contribution is -2.33. The van der Waals surface area contributed by atoms with Gasteiger partial charge in [0.25, 0.3) is 5.91 Å². The summed E-state index contributed by atoms with van der Waals surface area (Å²) >= 11 is 0. The van der Waals surface area contributed by atoms with Gasteiger partial charge < -0.3 is 15.2 Å². The highest BCUT2D eigenvalue weighted by atomic mass is 16.5. The number of ether oxygens (including phenoxy) is 1. The van der Waals surface area contributed by atoms with Crippen LogP contribution in [0.2, 0.25) is 0 Å². The fraction of sp³-hybridized carbons (Fsp3) is 0.500. The Hall–Kier alpha value is -2.06. The molecule has 0 saturated carbocycles. The van der Waals surface area contributed by atoms with Crippen molar-refractivity contribution in [1.29, 1.82) is 5.26 Å². The van der Waals surface area contributed by atoms with Gasteiger partial charge in [0.1, 0.15) is 5.75 Å². The summed E-state index contributed by atoms with van der Waals surface area (Å²) in [6, 6.07) is 8.64. The van der Waals surface area contributed by atoms with Crippen LogP contribution < -0.4 is 10.1 Å². The molecule has 5 nitrogen and oxygen atoms in total. The third-order valence-corrected chi connectivity index (χ3v) is 3.18. The molecule has 0 heterocycles. The van der Waals surface area contributed by atoms with E-state index in [0.717, 1.165) is 12.8 Å². The minimum absolute atomic E-state index is 0.0517. The van der Waals surface area contributed by atoms with E-state index in [1.165, 1.54) is 0 Å². The molecule has 1 rings (SSSR count). The van der Waals surface area contributed by atoms with Crippen molar-refractivity contribution >= 4 is 5.91 Å². The number of aliphatic hydroxyl groups is 1. The van der Waals surface area contributed by atoms with Crippen LogP contribution in [0.4, 0.5) is 0 Å². The van der Waals surface area contributed by atoms with Crippen molar-refractivity contribution in [3.63, 3.8) is 0 Å². The molecule has 5 heteroatoms. The SMILES string of the molecule is CCCC(CCO)CNC(=O)COc1ccc(C#N)cc1. The number of amides is 1. The molecular weight excluding hydrogens is 268 g/mol. The van der Waals surface area contributed by atoms with Gasteiger partial charge in [0, 0.05) is 13.2 Å². The molecule has 0 spiro atoms. The molecular formula is C16H22N2O3. The van der Waals surface area contributed by atoms with Crippen LogP contribution in [0.25, 0.3) is 0 Å². The maximum absolute atomic E-state index is 11.7. The molecule has 21 heavy (non-hydrogen) atoms. The first-order valence-electron chi connectivity index (χ1n) is 7.20. The van der Waals surface area contributed by atoms with Gasteiger partial charge in [-0.05, 0) is 43.0 Å². The molecule has 0 radical (unpaired) electrons. The molecule has 0 aliphatic carbocycles. The fourth-order valence-electron chi connectivity index (χ4n) is 2.02. The number of hydrogen-bond acceptors (Lipinski definition) is 4. The zero-order chi connectivity index (χ0) is 15.5. The van der Waals surface area contributed by atoms with E-state index in [1.807, 2.05) is 6.07 Å². The second-order valence-electron chi connectivity index (χ2n) is 4.90. The van der Waals surface area contributed by atoms with Crippen LogP contribution in [0, 0.1) is 17.2 Å². The average molecular weight is 290 g/mol. The van der Waals surface area contributed by atoms with Gasteiger partial charge in [-0.2, -0.15) is 5.26 Å². The van der Waals surface area contributed by atoms with Crippen LogP contribution in [-0.4, -0.2) is 30.8 Å². The van der Waals surface area contributed by atoms with E-state index < -0.39 is 0 Å². The molecule has 0 fully saturated rings. The molecule has 0 aliphatic heterocycles. The van der Waals surface area contributed by atoms with Crippen molar-refractivity contribution in [3.05, 3.63) is 29.8 Å². The van der Waals surface area contributed by atoms with Gasteiger partial charge in [-0.15, -0.1) is 0 Å². The van der Waals surface area contributed by atoms with Crippen LogP contribution in [0.3, 0.4) is 0 Å². The van der Waals surface area contributed by atoms with Crippen LogP contribution in [-0.2, 0) is 4.79 Å². The van der Waals surface area contributed by atoms with E-state index >= 15 is 0 Å². The van der Waals surface area contributed by atoms with Gasteiger partial charge in [-0.25, -0.2) is 0 Å². The Kier molecular flexibility index (Phi) is 7.92. The van der Waals surface area contributed by atoms with Gasteiger partial charge in [-0.1, -0.05) is 13.3 Å². The average Bonchev–Trinajstić information content (AvgIpc) is 2.51. The Labute approximate surface area is 125 Å². The van der Waals surface area contributed by atoms with Crippen molar-refractivity contribution < 1.29 is 14.6 Å². The first-order chi connectivity index (χ1) is 10.2. The lowest BCUT2D eigenvalue weighted by atomic mass is 10.0. The summed E-state index contributed by atoms with van der Waals surface area (Å²) in [7, 11) is 0. The largest absolute Gasteiger partial charge is 0.484 e. The minimum atomic E-state index is -0.182. The number of nitrogens with zero attached hydrogens (tertiary/aromatic N) is 1. The monoisotopic (exact) mass is 290 g/mol. The maximum Gasteiger partial charge on any atom is 0.257 e. The van der Waals surface area contributed by atoms with Crippen LogP contribution in [0.5, 0.6) is 5.75 Å². The summed E-state index contributed by atoms with van der Waals surface area (Å²) in [5.41, 5.74) is 0.554. The van der Waals surface area contributed by atoms with Gasteiger partial charge in [0.2, 0.25) is 0 Å². The molecule has 2 N–H and O–H groups in total. The first kappa shape index (κ1) is 17.0. The Morgan fingerprint density at radius 3 is 2.67 bits per heavy atom. The molecule has 1 amide bonds. The summed E-state index contributed by atoms with van der Waals surface area (Å²) < 4.78 is 5.35. The second-order valence-corrected chi connectivity index (χ2v) is 4.90. The summed E-state index contributed by atoms with van der Waals surface area (Å²) in [5, 5.41) is 20.5. The Bertz CT molecular complexity index is 459. The Balaban J connectivity index is 2.31. The molecule has 1 aromatic carbocycles. The summed E-state index contributed by atoms with van der Waals surface area (Å²) in [5.74, 6) is 0.682. The van der Waals surface area contributed by atoms with Gasteiger partial charge in [0.15, 0.2) is 6.61 Å². The normalized spacial score (nSPS) is 11.5. The minimum Gasteiger partial charge on any atom is -0.484 e. The van der Waals surface area contributed by atoms with E-state index in [9.17, 15) is 4.79 Å². The zero-order valence-electron chi connectivity index (χ0n) is 12.3. The van der Waals surface area contributed by atoms with E-state index in [2.05, 4.69) is 12.2 Å². The zero-order valence-corrected chi connectivity index (χ0v) is 12.3. The number of carbonyl (C=O) groups is 1. The number of hydrogen-bond donors (Lipinski definition) is 2. The predicted octanol–water partition coefficient (Wildman–Crippen LogP) is 1.85. The first-order valence-corrected chi connectivity index (χ1v) is 7.20. The third-order valence-electron chi connectivity index (χ3n) is 3.18. The van der Waals surface area contributed by atoms with Gasteiger partial charge in [0.05, 0.1) is 11.6 Å². The van der Waals surface area contributed by atoms with Crippen molar-refractivity contribution in [2.75, 3.05) is 19.8 Å². The molecule has 0 aliphatic rings. The highest BCUT2D eigenvalue weighted by molar-refractivity contribution is 5.77. The van der Waals surface area contributed by atoms with E-state index in [4.69, 9.17) is 15.1 Å².